The molecule has 4 saturated carbocycles. The maximum atomic E-state index is 10.3. The molecule has 1 aromatic rings. The summed E-state index contributed by atoms with van der Waals surface area (Å²) in [5.41, 5.74) is 9.24. The third kappa shape index (κ3) is 2.92. The molecule has 0 aromatic heterocycles. The van der Waals surface area contributed by atoms with E-state index in [0.717, 1.165) is 36.6 Å². The lowest BCUT2D eigenvalue weighted by Gasteiger charge is -2.61. The number of hydrogen-bond acceptors (Lipinski definition) is 4. The number of aryl methyl sites for hydroxylation is 1. The van der Waals surface area contributed by atoms with Crippen LogP contribution in [0.25, 0.3) is 0 Å². The summed E-state index contributed by atoms with van der Waals surface area (Å²) >= 11 is 0. The molecule has 4 aliphatic carbocycles. The first kappa shape index (κ1) is 16.8. The van der Waals surface area contributed by atoms with Gasteiger partial charge in [-0.1, -0.05) is 24.3 Å². The third-order valence-electron chi connectivity index (χ3n) is 7.20. The van der Waals surface area contributed by atoms with Crippen molar-refractivity contribution in [2.75, 3.05) is 13.2 Å². The molecule has 136 valence electrons. The minimum Gasteiger partial charge on any atom is -0.330 e. The van der Waals surface area contributed by atoms with Gasteiger partial charge in [-0.25, -0.2) is 0 Å². The maximum Gasteiger partial charge on any atom is 0.294 e. The van der Waals surface area contributed by atoms with Gasteiger partial charge < -0.3 is 10.6 Å². The highest BCUT2D eigenvalue weighted by molar-refractivity contribution is 5.35. The molecule has 1 aromatic carbocycles. The van der Waals surface area contributed by atoms with Gasteiger partial charge in [0.1, 0.15) is 0 Å². The van der Waals surface area contributed by atoms with E-state index in [1.54, 1.807) is 0 Å². The smallest absolute Gasteiger partial charge is 0.294 e. The SMILES string of the molecule is NCC1(c2cccc(CCCO[N+](=O)[O-])c2)C2CC3CC(C2)CC1C3. The monoisotopic (exact) mass is 344 g/mol. The molecule has 2 N–H and O–H groups in total. The van der Waals surface area contributed by atoms with Crippen LogP contribution in [0.4, 0.5) is 0 Å². The molecular weight excluding hydrogens is 316 g/mol. The van der Waals surface area contributed by atoms with E-state index in [0.29, 0.717) is 6.42 Å². The Balaban J connectivity index is 1.54. The molecule has 0 amide bonds. The molecule has 0 saturated heterocycles. The zero-order valence-electron chi connectivity index (χ0n) is 14.7. The Labute approximate surface area is 149 Å². The number of nitrogens with two attached hydrogens (primary N) is 1. The second kappa shape index (κ2) is 6.60. The molecule has 0 atom stereocenters. The largest absolute Gasteiger partial charge is 0.330 e. The predicted molar refractivity (Wildman–Crippen MR) is 95.5 cm³/mol. The van der Waals surface area contributed by atoms with E-state index in [9.17, 15) is 10.1 Å². The maximum absolute atomic E-state index is 10.3. The van der Waals surface area contributed by atoms with Crippen LogP contribution in [0.2, 0.25) is 0 Å². The molecule has 0 aliphatic heterocycles. The second-order valence-electron chi connectivity index (χ2n) is 8.41. The summed E-state index contributed by atoms with van der Waals surface area (Å²) in [6, 6.07) is 8.85. The Morgan fingerprint density at radius 2 is 1.84 bits per heavy atom. The Hall–Kier alpha value is -1.62. The summed E-state index contributed by atoms with van der Waals surface area (Å²) < 4.78 is 0. The molecule has 0 unspecified atom stereocenters. The van der Waals surface area contributed by atoms with Crippen molar-refractivity contribution in [3.63, 3.8) is 0 Å². The molecule has 0 radical (unpaired) electrons. The number of hydrogen-bond donors (Lipinski definition) is 1. The summed E-state index contributed by atoms with van der Waals surface area (Å²) in [6.07, 6.45) is 8.33. The predicted octanol–water partition coefficient (Wildman–Crippen LogP) is 3.48. The Morgan fingerprint density at radius 3 is 2.44 bits per heavy atom. The van der Waals surface area contributed by atoms with Gasteiger partial charge in [0.2, 0.25) is 0 Å². The third-order valence-corrected chi connectivity index (χ3v) is 7.20. The van der Waals surface area contributed by atoms with Crippen molar-refractivity contribution in [3.05, 3.63) is 45.5 Å². The Kier molecular flexibility index (Phi) is 4.44. The topological polar surface area (TPSA) is 78.4 Å². The highest BCUT2D eigenvalue weighted by Crippen LogP contribution is 2.62. The van der Waals surface area contributed by atoms with Crippen LogP contribution < -0.4 is 5.73 Å². The van der Waals surface area contributed by atoms with Crippen molar-refractivity contribution in [1.82, 2.24) is 0 Å². The fourth-order valence-electron chi connectivity index (χ4n) is 6.38. The average molecular weight is 344 g/mol. The van der Waals surface area contributed by atoms with Crippen molar-refractivity contribution in [2.45, 2.75) is 50.4 Å². The molecular formula is C20H28N2O3. The van der Waals surface area contributed by atoms with Crippen LogP contribution in [-0.4, -0.2) is 18.2 Å². The van der Waals surface area contributed by atoms with Gasteiger partial charge in [-0.15, -0.1) is 10.1 Å². The zero-order chi connectivity index (χ0) is 17.4. The normalized spacial score (nSPS) is 35.7. The van der Waals surface area contributed by atoms with Crippen molar-refractivity contribution in [3.8, 4) is 0 Å². The Morgan fingerprint density at radius 1 is 1.16 bits per heavy atom. The van der Waals surface area contributed by atoms with Crippen LogP contribution in [0.5, 0.6) is 0 Å². The van der Waals surface area contributed by atoms with Crippen LogP contribution in [0, 0.1) is 33.8 Å². The van der Waals surface area contributed by atoms with Crippen molar-refractivity contribution < 1.29 is 9.92 Å². The summed E-state index contributed by atoms with van der Waals surface area (Å²) in [5.74, 6) is 3.35. The van der Waals surface area contributed by atoms with E-state index < -0.39 is 5.09 Å². The van der Waals surface area contributed by atoms with Gasteiger partial charge in [-0.2, -0.15) is 0 Å². The number of nitrogens with zero attached hydrogens (tertiary/aromatic N) is 1. The lowest BCUT2D eigenvalue weighted by molar-refractivity contribution is -0.757. The van der Waals surface area contributed by atoms with Gasteiger partial charge in [0.15, 0.2) is 0 Å². The summed E-state index contributed by atoms with van der Waals surface area (Å²) in [7, 11) is 0. The molecule has 4 bridgehead atoms. The van der Waals surface area contributed by atoms with Crippen LogP contribution in [0.1, 0.15) is 49.7 Å². The molecule has 5 heteroatoms. The average Bonchev–Trinajstić information content (AvgIpc) is 2.59. The fraction of sp³-hybridized carbons (Fsp3) is 0.700. The van der Waals surface area contributed by atoms with Gasteiger partial charge in [0.25, 0.3) is 5.09 Å². The molecule has 0 spiro atoms. The van der Waals surface area contributed by atoms with Gasteiger partial charge in [0, 0.05) is 12.0 Å². The van der Waals surface area contributed by atoms with E-state index in [4.69, 9.17) is 5.73 Å². The van der Waals surface area contributed by atoms with Gasteiger partial charge in [-0.3, -0.25) is 0 Å². The minimum absolute atomic E-state index is 0.154. The molecule has 0 heterocycles. The van der Waals surface area contributed by atoms with E-state index >= 15 is 0 Å². The molecule has 5 nitrogen and oxygen atoms in total. The molecule has 25 heavy (non-hydrogen) atoms. The van der Waals surface area contributed by atoms with Crippen molar-refractivity contribution in [2.24, 2.45) is 29.4 Å². The lowest BCUT2D eigenvalue weighted by atomic mass is 9.44. The first-order chi connectivity index (χ1) is 12.1. The summed E-state index contributed by atoms with van der Waals surface area (Å²) in [4.78, 5) is 14.7. The quantitative estimate of drug-likeness (QED) is 0.466. The van der Waals surface area contributed by atoms with Gasteiger partial charge in [0.05, 0.1) is 6.61 Å². The van der Waals surface area contributed by atoms with Gasteiger partial charge in [-0.05, 0) is 79.7 Å². The molecule has 4 aliphatic rings. The van der Waals surface area contributed by atoms with Crippen LogP contribution in [0.15, 0.2) is 24.3 Å². The highest BCUT2D eigenvalue weighted by Gasteiger charge is 2.57. The standard InChI is InChI=1S/C20H28N2O3/c21-13-20(18-9-15-7-16(11-18)12-19(20)10-15)17-5-1-3-14(8-17)4-2-6-25-22(23)24/h1,3,5,8,15-16,18-19H,2,4,6-7,9-13,21H2. The van der Waals surface area contributed by atoms with Crippen LogP contribution in [-0.2, 0) is 16.7 Å². The van der Waals surface area contributed by atoms with Crippen molar-refractivity contribution in [1.29, 1.82) is 0 Å². The van der Waals surface area contributed by atoms with E-state index in [-0.39, 0.29) is 12.0 Å². The van der Waals surface area contributed by atoms with Crippen LogP contribution in [0.3, 0.4) is 0 Å². The zero-order valence-corrected chi connectivity index (χ0v) is 14.7. The lowest BCUT2D eigenvalue weighted by Crippen LogP contribution is -2.58. The first-order valence-electron chi connectivity index (χ1n) is 9.68. The van der Waals surface area contributed by atoms with E-state index in [2.05, 4.69) is 29.1 Å². The van der Waals surface area contributed by atoms with E-state index in [1.165, 1.54) is 43.2 Å². The van der Waals surface area contributed by atoms with E-state index in [1.807, 2.05) is 0 Å². The number of rotatable bonds is 7. The fourth-order valence-corrected chi connectivity index (χ4v) is 6.38. The second-order valence-corrected chi connectivity index (χ2v) is 8.41. The Bertz CT molecular complexity index is 618. The highest BCUT2D eigenvalue weighted by atomic mass is 16.9. The summed E-state index contributed by atoms with van der Waals surface area (Å²) in [5, 5.41) is 9.55. The molecule has 4 fully saturated rings. The summed E-state index contributed by atoms with van der Waals surface area (Å²) in [6.45, 7) is 0.906. The molecule has 5 rings (SSSR count). The minimum atomic E-state index is -0.714. The number of benzene rings is 1. The first-order valence-corrected chi connectivity index (χ1v) is 9.68. The van der Waals surface area contributed by atoms with Crippen LogP contribution >= 0.6 is 0 Å². The van der Waals surface area contributed by atoms with Gasteiger partial charge >= 0.3 is 0 Å². The van der Waals surface area contributed by atoms with Crippen molar-refractivity contribution >= 4 is 0 Å².